The Bertz CT molecular complexity index is 15.0. The van der Waals surface area contributed by atoms with Crippen molar-refractivity contribution < 1.29 is 26.2 Å². The van der Waals surface area contributed by atoms with E-state index >= 15 is 0 Å². The zero-order valence-electron chi connectivity index (χ0n) is 3.98. The topological polar surface area (TPSA) is 20.2 Å². The van der Waals surface area contributed by atoms with Crippen molar-refractivity contribution in [1.29, 1.82) is 0 Å². The normalized spacial score (nSPS) is 7.00. The fraction of sp³-hybridized carbons (Fsp3) is 1.00. The Kier molecular flexibility index (Phi) is 15.0. The van der Waals surface area contributed by atoms with Gasteiger partial charge in [0.05, 0.1) is 0 Å². The van der Waals surface area contributed by atoms with Crippen LogP contribution in [0.1, 0.15) is 19.8 Å². The van der Waals surface area contributed by atoms with Crippen molar-refractivity contribution in [2.75, 3.05) is 6.61 Å². The second-order valence-corrected chi connectivity index (χ2v) is 1.08. The molecule has 0 rings (SSSR count). The van der Waals surface area contributed by atoms with E-state index in [1.165, 1.54) is 0 Å². The fourth-order valence-electron chi connectivity index (χ4n) is 0.158. The second-order valence-electron chi connectivity index (χ2n) is 1.08. The zero-order chi connectivity index (χ0) is 4.12. The van der Waals surface area contributed by atoms with Gasteiger partial charge in [0.2, 0.25) is 0 Å². The van der Waals surface area contributed by atoms with Crippen molar-refractivity contribution in [3.8, 4) is 0 Å². The van der Waals surface area contributed by atoms with Gasteiger partial charge in [-0.2, -0.15) is 0 Å². The van der Waals surface area contributed by atoms with Crippen LogP contribution in [0.5, 0.6) is 0 Å². The summed E-state index contributed by atoms with van der Waals surface area (Å²) in [5.74, 6) is 0. The number of rotatable bonds is 2. The molecule has 0 atom stereocenters. The average molecular weight is 170 g/mol. The van der Waals surface area contributed by atoms with Gasteiger partial charge in [0.15, 0.2) is 0 Å². The van der Waals surface area contributed by atoms with Crippen molar-refractivity contribution in [1.82, 2.24) is 0 Å². The summed E-state index contributed by atoms with van der Waals surface area (Å²) in [5.41, 5.74) is 0. The third kappa shape index (κ3) is 8.82. The Labute approximate surface area is 53.0 Å². The maximum absolute atomic E-state index is 8.07. The predicted molar refractivity (Wildman–Crippen MR) is 22.0 cm³/mol. The first-order valence-electron chi connectivity index (χ1n) is 2.02. The Morgan fingerprint density at radius 1 is 1.50 bits per heavy atom. The van der Waals surface area contributed by atoms with Gasteiger partial charge >= 0.3 is 0 Å². The Morgan fingerprint density at radius 2 is 2.00 bits per heavy atom. The van der Waals surface area contributed by atoms with Crippen LogP contribution in [-0.2, 0) is 21.1 Å². The molecule has 0 saturated carbocycles. The van der Waals surface area contributed by atoms with Crippen molar-refractivity contribution >= 4 is 0 Å². The van der Waals surface area contributed by atoms with Crippen LogP contribution in [-0.4, -0.2) is 11.7 Å². The van der Waals surface area contributed by atoms with E-state index in [-0.39, 0.29) is 21.1 Å². The van der Waals surface area contributed by atoms with Gasteiger partial charge in [0.1, 0.15) is 0 Å². The Balaban J connectivity index is 0. The summed E-state index contributed by atoms with van der Waals surface area (Å²) in [6.07, 6.45) is 2.04. The summed E-state index contributed by atoms with van der Waals surface area (Å²) in [6.45, 7) is 2.40. The molecule has 1 nitrogen and oxygen atoms in total. The second kappa shape index (κ2) is 9.17. The van der Waals surface area contributed by atoms with E-state index in [4.69, 9.17) is 5.11 Å². The largest absolute Gasteiger partial charge is 0.396 e. The summed E-state index contributed by atoms with van der Waals surface area (Å²) in [5, 5.41) is 8.07. The van der Waals surface area contributed by atoms with E-state index in [9.17, 15) is 0 Å². The maximum Gasteiger partial charge on any atom is 0.0430 e. The minimum atomic E-state index is 0. The van der Waals surface area contributed by atoms with Gasteiger partial charge in [-0.05, 0) is 6.42 Å². The molecule has 0 aliphatic rings. The van der Waals surface area contributed by atoms with Gasteiger partial charge < -0.3 is 5.11 Å². The molecule has 0 saturated heterocycles. The smallest absolute Gasteiger partial charge is 0.0430 e. The van der Waals surface area contributed by atoms with E-state index in [2.05, 4.69) is 6.92 Å². The third-order valence-electron chi connectivity index (χ3n) is 0.512. The zero-order valence-corrected chi connectivity index (χ0v) is 5.98. The molecule has 0 heterocycles. The van der Waals surface area contributed by atoms with Crippen LogP contribution in [0.3, 0.4) is 0 Å². The van der Waals surface area contributed by atoms with Gasteiger partial charge in [0.25, 0.3) is 0 Å². The molecule has 2 heteroatoms. The number of aliphatic hydroxyl groups excluding tert-OH is 1. The SMILES string of the molecule is CCCCO.[Mo]. The van der Waals surface area contributed by atoms with Crippen LogP contribution < -0.4 is 0 Å². The van der Waals surface area contributed by atoms with Crippen LogP contribution in [0.4, 0.5) is 0 Å². The minimum Gasteiger partial charge on any atom is -0.396 e. The molecule has 0 bridgehead atoms. The van der Waals surface area contributed by atoms with E-state index in [0.29, 0.717) is 6.61 Å². The number of hydrogen-bond donors (Lipinski definition) is 1. The molecule has 0 aliphatic heterocycles. The molecule has 0 unspecified atom stereocenters. The monoisotopic (exact) mass is 172 g/mol. The van der Waals surface area contributed by atoms with Crippen LogP contribution >= 0.6 is 0 Å². The van der Waals surface area contributed by atoms with Crippen molar-refractivity contribution in [3.63, 3.8) is 0 Å². The van der Waals surface area contributed by atoms with E-state index in [0.717, 1.165) is 12.8 Å². The molecule has 0 aliphatic carbocycles. The maximum atomic E-state index is 8.07. The van der Waals surface area contributed by atoms with E-state index in [1.807, 2.05) is 0 Å². The molecule has 0 radical (unpaired) electrons. The van der Waals surface area contributed by atoms with E-state index < -0.39 is 0 Å². The first kappa shape index (κ1) is 9.82. The summed E-state index contributed by atoms with van der Waals surface area (Å²) in [6, 6.07) is 0. The Morgan fingerprint density at radius 3 is 2.00 bits per heavy atom. The van der Waals surface area contributed by atoms with Crippen LogP contribution in [0.25, 0.3) is 0 Å². The summed E-state index contributed by atoms with van der Waals surface area (Å²) < 4.78 is 0. The Hall–Kier alpha value is 0.648. The number of hydrogen-bond acceptors (Lipinski definition) is 1. The predicted octanol–water partition coefficient (Wildman–Crippen LogP) is 0.776. The van der Waals surface area contributed by atoms with Crippen molar-refractivity contribution in [2.45, 2.75) is 19.8 Å². The van der Waals surface area contributed by atoms with E-state index in [1.54, 1.807) is 0 Å². The molecule has 0 fully saturated rings. The standard InChI is InChI=1S/C4H10O.Mo/c1-2-3-4-5;/h5H,2-4H2,1H3;. The summed E-state index contributed by atoms with van der Waals surface area (Å²) >= 11 is 0. The molecular formula is C4H10MoO. The first-order chi connectivity index (χ1) is 2.41. The summed E-state index contributed by atoms with van der Waals surface area (Å²) in [4.78, 5) is 0. The van der Waals surface area contributed by atoms with Crippen LogP contribution in [0.2, 0.25) is 0 Å². The minimum absolute atomic E-state index is 0. The molecule has 6 heavy (non-hydrogen) atoms. The van der Waals surface area contributed by atoms with Gasteiger partial charge in [-0.25, -0.2) is 0 Å². The summed E-state index contributed by atoms with van der Waals surface area (Å²) in [7, 11) is 0. The van der Waals surface area contributed by atoms with Gasteiger partial charge in [-0.3, -0.25) is 0 Å². The molecule has 0 aromatic heterocycles. The van der Waals surface area contributed by atoms with Crippen LogP contribution in [0.15, 0.2) is 0 Å². The quantitative estimate of drug-likeness (QED) is 0.607. The molecule has 0 aromatic carbocycles. The van der Waals surface area contributed by atoms with Gasteiger partial charge in [0, 0.05) is 27.7 Å². The molecule has 0 aromatic rings. The molecular weight excluding hydrogens is 160 g/mol. The molecule has 1 N–H and O–H groups in total. The molecule has 0 amide bonds. The van der Waals surface area contributed by atoms with Crippen LogP contribution in [0, 0.1) is 0 Å². The third-order valence-corrected chi connectivity index (χ3v) is 0.512. The molecule has 38 valence electrons. The van der Waals surface area contributed by atoms with Gasteiger partial charge in [-0.1, -0.05) is 13.3 Å². The number of unbranched alkanes of at least 4 members (excludes halogenated alkanes) is 1. The average Bonchev–Trinajstić information content (AvgIpc) is 1.41. The van der Waals surface area contributed by atoms with Crippen molar-refractivity contribution in [3.05, 3.63) is 0 Å². The van der Waals surface area contributed by atoms with Crippen molar-refractivity contribution in [2.24, 2.45) is 0 Å². The fourth-order valence-corrected chi connectivity index (χ4v) is 0.158. The number of aliphatic hydroxyl groups is 1. The first-order valence-corrected chi connectivity index (χ1v) is 2.02. The molecule has 0 spiro atoms. The van der Waals surface area contributed by atoms with Gasteiger partial charge in [-0.15, -0.1) is 0 Å².